The molecule has 0 unspecified atom stereocenters. The molecule has 11 heteroatoms. The van der Waals surface area contributed by atoms with Crippen molar-refractivity contribution in [2.24, 2.45) is 11.7 Å². The zero-order chi connectivity index (χ0) is 37.4. The van der Waals surface area contributed by atoms with Gasteiger partial charge < -0.3 is 15.4 Å². The molecule has 0 aliphatic carbocycles. The molecule has 52 heavy (non-hydrogen) atoms. The van der Waals surface area contributed by atoms with Crippen molar-refractivity contribution in [3.8, 4) is 11.1 Å². The number of carbonyl (C=O) groups is 1. The van der Waals surface area contributed by atoms with Gasteiger partial charge in [0.25, 0.3) is 5.91 Å². The number of nitrogens with zero attached hydrogens (tertiary/aromatic N) is 5. The molecule has 0 atom stereocenters. The van der Waals surface area contributed by atoms with Crippen LogP contribution in [0.3, 0.4) is 0 Å². The van der Waals surface area contributed by atoms with Crippen LogP contribution in [0.2, 0.25) is 0 Å². The average molecular weight is 706 g/mol. The summed E-state index contributed by atoms with van der Waals surface area (Å²) in [5, 5.41) is 11.7. The maximum atomic E-state index is 12.2. The molecule has 1 saturated heterocycles. The highest BCUT2D eigenvalue weighted by atomic mass is 16.5. The topological polar surface area (TPSA) is 138 Å². The highest BCUT2D eigenvalue weighted by molar-refractivity contribution is 6.03. The van der Waals surface area contributed by atoms with Gasteiger partial charge in [0, 0.05) is 47.3 Å². The quantitative estimate of drug-likeness (QED) is 0.0454. The molecular formula is C41H55N9O2. The molecular weight excluding hydrogens is 651 g/mol. The zero-order valence-corrected chi connectivity index (χ0v) is 31.6. The lowest BCUT2D eigenvalue weighted by Gasteiger charge is -2.30. The van der Waals surface area contributed by atoms with Gasteiger partial charge in [0.2, 0.25) is 5.88 Å². The highest BCUT2D eigenvalue weighted by Crippen LogP contribution is 2.37. The van der Waals surface area contributed by atoms with E-state index < -0.39 is 0 Å². The molecule has 2 heterocycles. The molecule has 0 radical (unpaired) electrons. The lowest BCUT2D eigenvalue weighted by Crippen LogP contribution is -2.38. The maximum absolute atomic E-state index is 12.2. The van der Waals surface area contributed by atoms with E-state index in [9.17, 15) is 4.79 Å². The molecule has 1 fully saturated rings. The Morgan fingerprint density at radius 2 is 1.65 bits per heavy atom. The van der Waals surface area contributed by atoms with Gasteiger partial charge >= 0.3 is 0 Å². The second kappa shape index (κ2) is 17.0. The van der Waals surface area contributed by atoms with E-state index in [1.54, 1.807) is 0 Å². The van der Waals surface area contributed by atoms with E-state index in [4.69, 9.17) is 26.4 Å². The summed E-state index contributed by atoms with van der Waals surface area (Å²) in [4.78, 5) is 24.2. The Morgan fingerprint density at radius 1 is 0.981 bits per heavy atom. The molecule has 6 N–H and O–H groups in total. The van der Waals surface area contributed by atoms with Crippen LogP contribution in [0, 0.1) is 0 Å². The first-order chi connectivity index (χ1) is 24.9. The molecule has 276 valence electrons. The molecule has 5 rings (SSSR count). The second-order valence-electron chi connectivity index (χ2n) is 14.4. The summed E-state index contributed by atoms with van der Waals surface area (Å²) in [5.74, 6) is 13.9. The highest BCUT2D eigenvalue weighted by Gasteiger charge is 2.23. The Kier molecular flexibility index (Phi) is 12.5. The minimum atomic E-state index is -0.366. The number of rotatable bonds is 14. The maximum Gasteiger partial charge on any atom is 0.274 e. The van der Waals surface area contributed by atoms with Crippen molar-refractivity contribution < 1.29 is 9.53 Å². The minimum absolute atomic E-state index is 0.192. The molecule has 0 spiro atoms. The van der Waals surface area contributed by atoms with Crippen LogP contribution in [0.4, 0.5) is 17.1 Å². The van der Waals surface area contributed by atoms with E-state index >= 15 is 0 Å². The van der Waals surface area contributed by atoms with E-state index in [0.717, 1.165) is 80.6 Å². The van der Waals surface area contributed by atoms with Crippen molar-refractivity contribution in [2.75, 3.05) is 42.4 Å². The van der Waals surface area contributed by atoms with E-state index in [2.05, 4.69) is 92.3 Å². The fraction of sp³-hybridized carbons (Fsp3) is 0.390. The zero-order valence-electron chi connectivity index (χ0n) is 31.6. The normalized spacial score (nSPS) is 13.9. The van der Waals surface area contributed by atoms with Gasteiger partial charge in [-0.25, -0.2) is 26.7 Å². The number of allylic oxidation sites excluding steroid dienone is 1. The van der Waals surface area contributed by atoms with E-state index in [1.807, 2.05) is 31.5 Å². The summed E-state index contributed by atoms with van der Waals surface area (Å²) >= 11 is 0. The Labute approximate surface area is 308 Å². The molecule has 4 aromatic rings. The van der Waals surface area contributed by atoms with Crippen LogP contribution in [0.5, 0.6) is 0 Å². The summed E-state index contributed by atoms with van der Waals surface area (Å²) in [7, 11) is 1.48. The van der Waals surface area contributed by atoms with Gasteiger partial charge in [-0.05, 0) is 85.0 Å². The number of amides is 1. The Hall–Kier alpha value is -4.97. The van der Waals surface area contributed by atoms with Crippen LogP contribution in [-0.2, 0) is 27.9 Å². The van der Waals surface area contributed by atoms with Gasteiger partial charge in [0.15, 0.2) is 6.61 Å². The number of benzene rings is 3. The van der Waals surface area contributed by atoms with Crippen LogP contribution in [0.25, 0.3) is 21.9 Å². The number of piperidine rings is 1. The van der Waals surface area contributed by atoms with Crippen LogP contribution >= 0.6 is 0 Å². The predicted octanol–water partition coefficient (Wildman–Crippen LogP) is 7.42. The molecule has 11 nitrogen and oxygen atoms in total. The van der Waals surface area contributed by atoms with E-state index in [1.165, 1.54) is 31.3 Å². The lowest BCUT2D eigenvalue weighted by molar-refractivity contribution is -0.133. The number of nitrogens with two attached hydrogens (primary N) is 2. The van der Waals surface area contributed by atoms with Crippen LogP contribution < -0.4 is 27.3 Å². The van der Waals surface area contributed by atoms with Crippen molar-refractivity contribution in [1.29, 1.82) is 0 Å². The average Bonchev–Trinajstić information content (AvgIpc) is 3.13. The molecule has 0 bridgehead atoms. The number of nitrogens with one attached hydrogen (secondary N) is 2. The molecule has 0 saturated carbocycles. The number of likely N-dealkylation sites (N-methyl/N-ethyl adjacent to an activating group) is 1. The third-order valence-corrected chi connectivity index (χ3v) is 9.38. The fourth-order valence-corrected chi connectivity index (χ4v) is 6.45. The molecule has 1 aliphatic rings. The van der Waals surface area contributed by atoms with Crippen molar-refractivity contribution in [3.05, 3.63) is 102 Å². The van der Waals surface area contributed by atoms with Gasteiger partial charge in [-0.2, -0.15) is 0 Å². The Bertz CT molecular complexity index is 1890. The van der Waals surface area contributed by atoms with Crippen molar-refractivity contribution in [3.63, 3.8) is 0 Å². The Balaban J connectivity index is 1.41. The van der Waals surface area contributed by atoms with Gasteiger partial charge in [0.1, 0.15) is 11.6 Å². The summed E-state index contributed by atoms with van der Waals surface area (Å²) in [6, 6.07) is 16.7. The molecule has 3 aromatic carbocycles. The smallest absolute Gasteiger partial charge is 0.274 e. The van der Waals surface area contributed by atoms with Crippen LogP contribution in [-0.4, -0.2) is 52.5 Å². The molecule has 1 aliphatic heterocycles. The SMILES string of the molecule is C=C(Nc1cc(C(C)(C)C)cc(N(N)/C(=C/CC)OCC(=O)N(C)N)c1CC)Nc1ccc(-c2cnc(CN3CCCCC3)nc2)c2ccccc12. The Morgan fingerprint density at radius 3 is 2.29 bits per heavy atom. The number of aromatic nitrogens is 2. The number of hydrazine groups is 2. The van der Waals surface area contributed by atoms with Gasteiger partial charge in [0.05, 0.1) is 12.2 Å². The van der Waals surface area contributed by atoms with E-state index in [-0.39, 0.29) is 17.9 Å². The van der Waals surface area contributed by atoms with Gasteiger partial charge in [-0.15, -0.1) is 0 Å². The van der Waals surface area contributed by atoms with Crippen LogP contribution in [0.15, 0.2) is 85.3 Å². The van der Waals surface area contributed by atoms with Crippen molar-refractivity contribution in [1.82, 2.24) is 19.9 Å². The largest absolute Gasteiger partial charge is 0.468 e. The van der Waals surface area contributed by atoms with E-state index in [0.29, 0.717) is 24.5 Å². The number of anilines is 3. The monoisotopic (exact) mass is 705 g/mol. The number of hydrogen-bond donors (Lipinski definition) is 4. The molecule has 1 aromatic heterocycles. The number of likely N-dealkylation sites (tertiary alicyclic amines) is 1. The van der Waals surface area contributed by atoms with Gasteiger partial charge in [-0.3, -0.25) is 14.7 Å². The standard InChI is InChI=1S/C41H55N9O2/c1-8-15-40(52-27-39(51)48(7)42)50(43)37-23-30(41(4,5)6)22-36(31(37)9-2)47-28(3)46-35-19-18-32(33-16-11-12-17-34(33)35)29-24-44-38(45-25-29)26-49-20-13-10-14-21-49/h11-12,15-19,22-25,46-47H,3,8-10,13-14,20-21,26-27,42-43H2,1-2,4-7H3/b40-15-. The number of carbonyl (C=O) groups excluding carboxylic acids is 1. The predicted molar refractivity (Wildman–Crippen MR) is 213 cm³/mol. The first kappa shape index (κ1) is 38.3. The second-order valence-corrected chi connectivity index (χ2v) is 14.4. The van der Waals surface area contributed by atoms with Crippen LogP contribution in [0.1, 0.15) is 77.3 Å². The summed E-state index contributed by atoms with van der Waals surface area (Å²) in [6.45, 7) is 17.7. The fourth-order valence-electron chi connectivity index (χ4n) is 6.45. The first-order valence-electron chi connectivity index (χ1n) is 18.2. The summed E-state index contributed by atoms with van der Waals surface area (Å²) in [5.41, 5.74) is 6.44. The molecule has 1 amide bonds. The van der Waals surface area contributed by atoms with Crippen molar-refractivity contribution >= 4 is 33.7 Å². The third-order valence-electron chi connectivity index (χ3n) is 9.38. The lowest BCUT2D eigenvalue weighted by atomic mass is 9.85. The summed E-state index contributed by atoms with van der Waals surface area (Å²) in [6.07, 6.45) is 10.9. The minimum Gasteiger partial charge on any atom is -0.468 e. The van der Waals surface area contributed by atoms with Gasteiger partial charge in [-0.1, -0.05) is 78.0 Å². The summed E-state index contributed by atoms with van der Waals surface area (Å²) < 4.78 is 5.90. The number of ether oxygens (including phenoxy) is 1. The third kappa shape index (κ3) is 9.27. The first-order valence-corrected chi connectivity index (χ1v) is 18.2. The number of hydrogen-bond acceptors (Lipinski definition) is 10. The number of fused-ring (bicyclic) bond motifs is 1. The van der Waals surface area contributed by atoms with Crippen molar-refractivity contribution in [2.45, 2.75) is 78.7 Å².